The highest BCUT2D eigenvalue weighted by Gasteiger charge is 2.19. The Bertz CT molecular complexity index is 551. The largest absolute Gasteiger partial charge is 0.374 e. The lowest BCUT2D eigenvalue weighted by Crippen LogP contribution is -2.48. The Hall–Kier alpha value is -1.59. The smallest absolute Gasteiger partial charge is 0.191 e. The third-order valence-electron chi connectivity index (χ3n) is 4.73. The zero-order valence-corrected chi connectivity index (χ0v) is 16.9. The van der Waals surface area contributed by atoms with Crippen molar-refractivity contribution in [3.63, 3.8) is 0 Å². The van der Waals surface area contributed by atoms with Crippen LogP contribution in [0.1, 0.15) is 51.2 Å². The van der Waals surface area contributed by atoms with Crippen LogP contribution in [-0.2, 0) is 17.9 Å². The molecule has 5 heteroatoms. The number of guanidine groups is 1. The molecule has 0 unspecified atom stereocenters. The number of hydrogen-bond acceptors (Lipinski definition) is 3. The molecule has 0 amide bonds. The molecule has 0 atom stereocenters. The first-order chi connectivity index (χ1) is 12.6. The number of ether oxygens (including phenoxy) is 1. The number of nitrogens with zero attached hydrogens (tertiary/aromatic N) is 2. The fourth-order valence-electron chi connectivity index (χ4n) is 3.28. The molecule has 0 aromatic heterocycles. The van der Waals surface area contributed by atoms with Gasteiger partial charge < -0.3 is 20.3 Å². The summed E-state index contributed by atoms with van der Waals surface area (Å²) in [5, 5.41) is 7.03. The van der Waals surface area contributed by atoms with Crippen molar-refractivity contribution in [3.8, 4) is 0 Å². The Morgan fingerprint density at radius 2 is 2.00 bits per heavy atom. The lowest BCUT2D eigenvalue weighted by atomic mass is 10.1. The van der Waals surface area contributed by atoms with Crippen molar-refractivity contribution in [2.75, 3.05) is 26.7 Å². The fourth-order valence-corrected chi connectivity index (χ4v) is 3.28. The standard InChI is InChI=1S/C21H36N4O/c1-5-11-25-12-9-20(10-13-25)24-21(22-4)23-15-18-7-6-8-19(14-18)16-26-17(2)3/h6-8,14,17,20H,5,9-13,15-16H2,1-4H3,(H2,22,23,24). The second-order valence-electron chi connectivity index (χ2n) is 7.37. The van der Waals surface area contributed by atoms with Gasteiger partial charge in [-0.3, -0.25) is 4.99 Å². The minimum atomic E-state index is 0.253. The maximum atomic E-state index is 5.70. The van der Waals surface area contributed by atoms with E-state index in [0.29, 0.717) is 12.6 Å². The van der Waals surface area contributed by atoms with Crippen LogP contribution in [0.4, 0.5) is 0 Å². The van der Waals surface area contributed by atoms with Crippen LogP contribution >= 0.6 is 0 Å². The average molecular weight is 361 g/mol. The third kappa shape index (κ3) is 7.34. The van der Waals surface area contributed by atoms with Gasteiger partial charge in [-0.25, -0.2) is 0 Å². The van der Waals surface area contributed by atoms with E-state index in [1.807, 2.05) is 7.05 Å². The van der Waals surface area contributed by atoms with E-state index in [1.165, 1.54) is 50.0 Å². The minimum Gasteiger partial charge on any atom is -0.374 e. The van der Waals surface area contributed by atoms with Gasteiger partial charge in [0.1, 0.15) is 0 Å². The predicted molar refractivity (Wildman–Crippen MR) is 109 cm³/mol. The highest BCUT2D eigenvalue weighted by molar-refractivity contribution is 5.79. The molecule has 0 aliphatic carbocycles. The highest BCUT2D eigenvalue weighted by Crippen LogP contribution is 2.11. The Labute approximate surface area is 159 Å². The minimum absolute atomic E-state index is 0.253. The van der Waals surface area contributed by atoms with Crippen molar-refractivity contribution < 1.29 is 4.74 Å². The van der Waals surface area contributed by atoms with E-state index in [-0.39, 0.29) is 6.10 Å². The van der Waals surface area contributed by atoms with Gasteiger partial charge in [0, 0.05) is 32.7 Å². The lowest BCUT2D eigenvalue weighted by Gasteiger charge is -2.32. The van der Waals surface area contributed by atoms with Crippen LogP contribution in [0.5, 0.6) is 0 Å². The maximum Gasteiger partial charge on any atom is 0.191 e. The zero-order chi connectivity index (χ0) is 18.8. The molecule has 146 valence electrons. The summed E-state index contributed by atoms with van der Waals surface area (Å²) in [5.74, 6) is 0.891. The number of aliphatic imine (C=N–C) groups is 1. The normalized spacial score (nSPS) is 16.9. The number of rotatable bonds is 8. The van der Waals surface area contributed by atoms with E-state index in [9.17, 15) is 0 Å². The van der Waals surface area contributed by atoms with Gasteiger partial charge in [-0.05, 0) is 50.8 Å². The van der Waals surface area contributed by atoms with Gasteiger partial charge in [-0.15, -0.1) is 0 Å². The second kappa shape index (κ2) is 11.2. The Morgan fingerprint density at radius 3 is 2.65 bits per heavy atom. The topological polar surface area (TPSA) is 48.9 Å². The summed E-state index contributed by atoms with van der Waals surface area (Å²) in [5.41, 5.74) is 2.46. The molecule has 0 saturated carbocycles. The number of benzene rings is 1. The zero-order valence-electron chi connectivity index (χ0n) is 16.9. The monoisotopic (exact) mass is 360 g/mol. The summed E-state index contributed by atoms with van der Waals surface area (Å²) in [6.07, 6.45) is 3.86. The predicted octanol–water partition coefficient (Wildman–Crippen LogP) is 3.15. The summed E-state index contributed by atoms with van der Waals surface area (Å²) in [7, 11) is 1.84. The second-order valence-corrected chi connectivity index (χ2v) is 7.37. The van der Waals surface area contributed by atoms with E-state index in [1.54, 1.807) is 0 Å². The first-order valence-corrected chi connectivity index (χ1v) is 9.99. The lowest BCUT2D eigenvalue weighted by molar-refractivity contribution is 0.0657. The van der Waals surface area contributed by atoms with Gasteiger partial charge >= 0.3 is 0 Å². The number of likely N-dealkylation sites (tertiary alicyclic amines) is 1. The van der Waals surface area contributed by atoms with Crippen LogP contribution in [0, 0.1) is 0 Å². The van der Waals surface area contributed by atoms with Crippen molar-refractivity contribution >= 4 is 5.96 Å². The molecule has 1 aliphatic rings. The van der Waals surface area contributed by atoms with E-state index < -0.39 is 0 Å². The van der Waals surface area contributed by atoms with Crippen molar-refractivity contribution in [2.45, 2.75) is 65.3 Å². The van der Waals surface area contributed by atoms with Gasteiger partial charge in [-0.2, -0.15) is 0 Å². The van der Waals surface area contributed by atoms with Crippen LogP contribution in [0.3, 0.4) is 0 Å². The summed E-state index contributed by atoms with van der Waals surface area (Å²) >= 11 is 0. The maximum absolute atomic E-state index is 5.70. The molecule has 0 spiro atoms. The van der Waals surface area contributed by atoms with E-state index in [4.69, 9.17) is 4.74 Å². The molecular formula is C21H36N4O. The van der Waals surface area contributed by atoms with Crippen LogP contribution in [-0.4, -0.2) is 49.7 Å². The number of nitrogens with one attached hydrogen (secondary N) is 2. The van der Waals surface area contributed by atoms with Crippen LogP contribution in [0.2, 0.25) is 0 Å². The molecule has 5 nitrogen and oxygen atoms in total. The molecule has 1 saturated heterocycles. The number of hydrogen-bond donors (Lipinski definition) is 2. The molecule has 2 rings (SSSR count). The summed E-state index contributed by atoms with van der Waals surface area (Å²) in [6.45, 7) is 11.4. The van der Waals surface area contributed by atoms with Gasteiger partial charge in [0.25, 0.3) is 0 Å². The Morgan fingerprint density at radius 1 is 1.27 bits per heavy atom. The summed E-state index contributed by atoms with van der Waals surface area (Å²) in [6, 6.07) is 9.06. The quantitative estimate of drug-likeness (QED) is 0.552. The molecule has 2 N–H and O–H groups in total. The number of piperidine rings is 1. The third-order valence-corrected chi connectivity index (χ3v) is 4.73. The van der Waals surface area contributed by atoms with Crippen molar-refractivity contribution in [2.24, 2.45) is 4.99 Å². The van der Waals surface area contributed by atoms with Gasteiger partial charge in [0.15, 0.2) is 5.96 Å². The van der Waals surface area contributed by atoms with Crippen molar-refractivity contribution in [3.05, 3.63) is 35.4 Å². The molecule has 1 aliphatic heterocycles. The first kappa shape index (κ1) is 20.7. The summed E-state index contributed by atoms with van der Waals surface area (Å²) < 4.78 is 5.70. The van der Waals surface area contributed by atoms with Gasteiger partial charge in [0.2, 0.25) is 0 Å². The average Bonchev–Trinajstić information content (AvgIpc) is 2.65. The highest BCUT2D eigenvalue weighted by atomic mass is 16.5. The molecular weight excluding hydrogens is 324 g/mol. The molecule has 1 fully saturated rings. The Balaban J connectivity index is 1.77. The molecule has 0 bridgehead atoms. The van der Waals surface area contributed by atoms with Gasteiger partial charge in [0.05, 0.1) is 12.7 Å². The van der Waals surface area contributed by atoms with E-state index in [0.717, 1.165) is 12.5 Å². The van der Waals surface area contributed by atoms with Gasteiger partial charge in [-0.1, -0.05) is 31.2 Å². The molecule has 26 heavy (non-hydrogen) atoms. The van der Waals surface area contributed by atoms with E-state index >= 15 is 0 Å². The van der Waals surface area contributed by atoms with Crippen molar-refractivity contribution in [1.29, 1.82) is 0 Å². The molecule has 0 radical (unpaired) electrons. The van der Waals surface area contributed by atoms with Crippen LogP contribution < -0.4 is 10.6 Å². The molecule has 1 aromatic rings. The SMILES string of the molecule is CCCN1CCC(NC(=NC)NCc2cccc(COC(C)C)c2)CC1. The van der Waals surface area contributed by atoms with Crippen LogP contribution in [0.25, 0.3) is 0 Å². The van der Waals surface area contributed by atoms with E-state index in [2.05, 4.69) is 65.6 Å². The van der Waals surface area contributed by atoms with Crippen LogP contribution in [0.15, 0.2) is 29.3 Å². The van der Waals surface area contributed by atoms with Crippen molar-refractivity contribution in [1.82, 2.24) is 15.5 Å². The summed E-state index contributed by atoms with van der Waals surface area (Å²) in [4.78, 5) is 6.95. The first-order valence-electron chi connectivity index (χ1n) is 9.99. The Kier molecular flexibility index (Phi) is 8.92. The molecule has 1 aromatic carbocycles. The molecule has 1 heterocycles. The fraction of sp³-hybridized carbons (Fsp3) is 0.667.